The number of aromatic nitrogens is 2. The van der Waals surface area contributed by atoms with Crippen LogP contribution in [0.25, 0.3) is 11.0 Å². The molecule has 0 saturated carbocycles. The molecule has 0 aliphatic carbocycles. The van der Waals surface area contributed by atoms with Gasteiger partial charge in [0.15, 0.2) is 0 Å². The van der Waals surface area contributed by atoms with E-state index in [-0.39, 0.29) is 0 Å². The lowest BCUT2D eigenvalue weighted by molar-refractivity contribution is 0.459. The Morgan fingerprint density at radius 3 is 3.00 bits per heavy atom. The van der Waals surface area contributed by atoms with Crippen molar-refractivity contribution in [1.29, 1.82) is 0 Å². The summed E-state index contributed by atoms with van der Waals surface area (Å²) in [7, 11) is 0. The molecule has 0 saturated heterocycles. The second-order valence-corrected chi connectivity index (χ2v) is 5.33. The van der Waals surface area contributed by atoms with Gasteiger partial charge in [0.05, 0.1) is 30.5 Å². The summed E-state index contributed by atoms with van der Waals surface area (Å²) >= 11 is 0. The average Bonchev–Trinajstić information content (AvgIpc) is 3.05. The highest BCUT2D eigenvalue weighted by atomic mass is 16.3. The van der Waals surface area contributed by atoms with Crippen LogP contribution in [-0.4, -0.2) is 16.1 Å². The van der Waals surface area contributed by atoms with Gasteiger partial charge in [-0.05, 0) is 38.1 Å². The van der Waals surface area contributed by atoms with E-state index in [1.54, 1.807) is 0 Å². The molecule has 3 aromatic rings. The minimum Gasteiger partial charge on any atom is -0.465 e. The lowest BCUT2D eigenvalue weighted by Gasteiger charge is -2.02. The fourth-order valence-corrected chi connectivity index (χ4v) is 2.54. The van der Waals surface area contributed by atoms with Crippen LogP contribution in [0.3, 0.4) is 0 Å². The second kappa shape index (κ2) is 6.14. The van der Waals surface area contributed by atoms with Gasteiger partial charge in [-0.2, -0.15) is 0 Å². The molecule has 0 fully saturated rings. The number of nitrogens with one attached hydrogen (secondary N) is 1. The molecule has 0 aliphatic rings. The molecule has 0 radical (unpaired) electrons. The van der Waals surface area contributed by atoms with Crippen LogP contribution in [0.4, 0.5) is 0 Å². The first-order chi connectivity index (χ1) is 10.3. The van der Waals surface area contributed by atoms with Crippen molar-refractivity contribution < 1.29 is 4.42 Å². The molecule has 0 amide bonds. The van der Waals surface area contributed by atoms with E-state index < -0.39 is 0 Å². The van der Waals surface area contributed by atoms with Gasteiger partial charge in [0.2, 0.25) is 0 Å². The number of rotatable bonds is 6. The fourth-order valence-electron chi connectivity index (χ4n) is 2.54. The Hall–Kier alpha value is -2.07. The zero-order chi connectivity index (χ0) is 14.7. The highest BCUT2D eigenvalue weighted by Crippen LogP contribution is 2.19. The minimum absolute atomic E-state index is 0.791. The molecule has 0 bridgehead atoms. The van der Waals surface area contributed by atoms with Crippen molar-refractivity contribution in [1.82, 2.24) is 14.9 Å². The Balaban J connectivity index is 1.78. The summed E-state index contributed by atoms with van der Waals surface area (Å²) in [5.41, 5.74) is 3.40. The summed E-state index contributed by atoms with van der Waals surface area (Å²) in [5.74, 6) is 1.99. The first-order valence-electron chi connectivity index (χ1n) is 7.46. The van der Waals surface area contributed by atoms with Crippen LogP contribution >= 0.6 is 0 Å². The molecule has 4 nitrogen and oxygen atoms in total. The standard InChI is InChI=1S/C17H21N3O/c1-3-8-18-10-15-9-14(13(2)21-15)11-20-12-19-16-6-4-5-7-17(16)20/h4-7,9,12,18H,3,8,10-11H2,1-2H3. The summed E-state index contributed by atoms with van der Waals surface area (Å²) in [6, 6.07) is 10.3. The normalized spacial score (nSPS) is 11.3. The molecule has 1 aromatic carbocycles. The third kappa shape index (κ3) is 3.00. The fraction of sp³-hybridized carbons (Fsp3) is 0.353. The molecule has 3 rings (SSSR count). The third-order valence-corrected chi connectivity index (χ3v) is 3.67. The smallest absolute Gasteiger partial charge is 0.118 e. The zero-order valence-electron chi connectivity index (χ0n) is 12.6. The highest BCUT2D eigenvalue weighted by molar-refractivity contribution is 5.75. The number of fused-ring (bicyclic) bond motifs is 1. The maximum Gasteiger partial charge on any atom is 0.118 e. The Morgan fingerprint density at radius 2 is 2.14 bits per heavy atom. The predicted octanol–water partition coefficient (Wildman–Crippen LogP) is 3.49. The van der Waals surface area contributed by atoms with Gasteiger partial charge >= 0.3 is 0 Å². The molecule has 110 valence electrons. The molecule has 21 heavy (non-hydrogen) atoms. The van der Waals surface area contributed by atoms with E-state index in [2.05, 4.69) is 33.9 Å². The van der Waals surface area contributed by atoms with E-state index in [1.807, 2.05) is 31.5 Å². The van der Waals surface area contributed by atoms with Gasteiger partial charge in [0.25, 0.3) is 0 Å². The lowest BCUT2D eigenvalue weighted by atomic mass is 10.2. The Labute approximate surface area is 124 Å². The van der Waals surface area contributed by atoms with E-state index in [1.165, 1.54) is 5.56 Å². The number of furan rings is 1. The van der Waals surface area contributed by atoms with E-state index >= 15 is 0 Å². The van der Waals surface area contributed by atoms with Gasteiger partial charge in [-0.25, -0.2) is 4.98 Å². The molecule has 2 aromatic heterocycles. The molecule has 0 aliphatic heterocycles. The van der Waals surface area contributed by atoms with Crippen molar-refractivity contribution >= 4 is 11.0 Å². The first kappa shape index (κ1) is 13.9. The number of nitrogens with zero attached hydrogens (tertiary/aromatic N) is 2. The second-order valence-electron chi connectivity index (χ2n) is 5.33. The van der Waals surface area contributed by atoms with Gasteiger partial charge < -0.3 is 14.3 Å². The van der Waals surface area contributed by atoms with E-state index in [9.17, 15) is 0 Å². The average molecular weight is 283 g/mol. The maximum atomic E-state index is 5.83. The maximum absolute atomic E-state index is 5.83. The van der Waals surface area contributed by atoms with Crippen LogP contribution < -0.4 is 5.32 Å². The van der Waals surface area contributed by atoms with Gasteiger partial charge in [-0.3, -0.25) is 0 Å². The molecular formula is C17H21N3O. The molecular weight excluding hydrogens is 262 g/mol. The van der Waals surface area contributed by atoms with E-state index in [0.29, 0.717) is 0 Å². The largest absolute Gasteiger partial charge is 0.465 e. The summed E-state index contributed by atoms with van der Waals surface area (Å²) < 4.78 is 7.99. The minimum atomic E-state index is 0.791. The monoisotopic (exact) mass is 283 g/mol. The van der Waals surface area contributed by atoms with Crippen molar-refractivity contribution in [2.45, 2.75) is 33.4 Å². The topological polar surface area (TPSA) is 43.0 Å². The molecule has 2 heterocycles. The molecule has 0 atom stereocenters. The summed E-state index contributed by atoms with van der Waals surface area (Å²) in [6.07, 6.45) is 3.03. The molecule has 0 spiro atoms. The van der Waals surface area contributed by atoms with Crippen LogP contribution in [0.1, 0.15) is 30.4 Å². The number of imidazole rings is 1. The van der Waals surface area contributed by atoms with Crippen LogP contribution in [-0.2, 0) is 13.1 Å². The van der Waals surface area contributed by atoms with Crippen LogP contribution in [0, 0.1) is 6.92 Å². The van der Waals surface area contributed by atoms with Crippen molar-refractivity contribution in [3.05, 3.63) is 53.7 Å². The van der Waals surface area contributed by atoms with Crippen molar-refractivity contribution in [2.75, 3.05) is 6.54 Å². The van der Waals surface area contributed by atoms with Crippen LogP contribution in [0.15, 0.2) is 41.1 Å². The van der Waals surface area contributed by atoms with Crippen molar-refractivity contribution in [2.24, 2.45) is 0 Å². The predicted molar refractivity (Wildman–Crippen MR) is 84.3 cm³/mol. The number of aryl methyl sites for hydroxylation is 1. The number of hydrogen-bond donors (Lipinski definition) is 1. The molecule has 0 unspecified atom stereocenters. The number of para-hydroxylation sites is 2. The van der Waals surface area contributed by atoms with Gasteiger partial charge in [-0.1, -0.05) is 19.1 Å². The zero-order valence-corrected chi connectivity index (χ0v) is 12.6. The van der Waals surface area contributed by atoms with Gasteiger partial charge in [-0.15, -0.1) is 0 Å². The molecule has 4 heteroatoms. The third-order valence-electron chi connectivity index (χ3n) is 3.67. The van der Waals surface area contributed by atoms with Crippen molar-refractivity contribution in [3.63, 3.8) is 0 Å². The summed E-state index contributed by atoms with van der Waals surface area (Å²) in [5, 5.41) is 3.37. The summed E-state index contributed by atoms with van der Waals surface area (Å²) in [4.78, 5) is 4.43. The lowest BCUT2D eigenvalue weighted by Crippen LogP contribution is -2.13. The Kier molecular flexibility index (Phi) is 4.06. The molecule has 1 N–H and O–H groups in total. The number of benzene rings is 1. The van der Waals surface area contributed by atoms with Crippen LogP contribution in [0.2, 0.25) is 0 Å². The highest BCUT2D eigenvalue weighted by Gasteiger charge is 2.09. The van der Waals surface area contributed by atoms with E-state index in [4.69, 9.17) is 4.42 Å². The van der Waals surface area contributed by atoms with E-state index in [0.717, 1.165) is 48.6 Å². The van der Waals surface area contributed by atoms with Crippen LogP contribution in [0.5, 0.6) is 0 Å². The number of hydrogen-bond acceptors (Lipinski definition) is 3. The Bertz CT molecular complexity index is 727. The quantitative estimate of drug-likeness (QED) is 0.704. The summed E-state index contributed by atoms with van der Waals surface area (Å²) in [6.45, 7) is 6.79. The SMILES string of the molecule is CCCNCc1cc(Cn2cnc3ccccc32)c(C)o1. The van der Waals surface area contributed by atoms with Gasteiger partial charge in [0.1, 0.15) is 11.5 Å². The first-order valence-corrected chi connectivity index (χ1v) is 7.46. The van der Waals surface area contributed by atoms with Crippen molar-refractivity contribution in [3.8, 4) is 0 Å². The van der Waals surface area contributed by atoms with Gasteiger partial charge in [0, 0.05) is 5.56 Å². The Morgan fingerprint density at radius 1 is 1.29 bits per heavy atom.